The molecule has 1 aromatic heterocycles. The second kappa shape index (κ2) is 9.16. The lowest BCUT2D eigenvalue weighted by Gasteiger charge is -2.31. The van der Waals surface area contributed by atoms with Crippen LogP contribution in [0.4, 0.5) is 0 Å². The monoisotopic (exact) mass is 422 g/mol. The Morgan fingerprint density at radius 3 is 2.58 bits per heavy atom. The van der Waals surface area contributed by atoms with Crippen molar-refractivity contribution in [2.45, 2.75) is 13.2 Å². The third-order valence-corrected chi connectivity index (χ3v) is 6.33. The Balaban J connectivity index is 1.39. The normalized spacial score (nSPS) is 23.0. The van der Waals surface area contributed by atoms with E-state index in [0.717, 1.165) is 24.2 Å². The van der Waals surface area contributed by atoms with Crippen molar-refractivity contribution < 1.29 is 14.3 Å². The minimum Gasteiger partial charge on any atom is -0.367 e. The zero-order valence-electron chi connectivity index (χ0n) is 18.2. The van der Waals surface area contributed by atoms with E-state index in [1.807, 2.05) is 47.5 Å². The van der Waals surface area contributed by atoms with Crippen molar-refractivity contribution in [3.63, 3.8) is 0 Å². The number of carbonyl (C=O) groups excluding carboxylic acids is 2. The lowest BCUT2D eigenvalue weighted by Crippen LogP contribution is -2.47. The molecule has 0 aliphatic carbocycles. The van der Waals surface area contributed by atoms with E-state index in [2.05, 4.69) is 16.0 Å². The molecular weight excluding hydrogens is 392 g/mol. The number of ether oxygens (including phenoxy) is 1. The van der Waals surface area contributed by atoms with E-state index in [0.29, 0.717) is 26.2 Å². The molecule has 0 unspecified atom stereocenters. The summed E-state index contributed by atoms with van der Waals surface area (Å²) in [6.45, 7) is 3.70. The lowest BCUT2D eigenvalue weighted by atomic mass is 9.80. The summed E-state index contributed by atoms with van der Waals surface area (Å²) in [5.41, 5.74) is 1.62. The number of rotatable bonds is 7. The summed E-state index contributed by atoms with van der Waals surface area (Å²) in [7, 11) is 3.59. The predicted molar refractivity (Wildman–Crippen MR) is 117 cm³/mol. The standard InChI is InChI=1S/C24H30N4O3/c1-26(2)23(30)24-17-27(12-20-9-6-10-25-11-20)13-21(24)14-28(18-24)22(29)16-31-15-19-7-4-3-5-8-19/h3-11,21H,12-18H2,1-2H3/t21-,24-/m0/s1. The minimum absolute atomic E-state index is 0.0350. The molecule has 0 saturated carbocycles. The maximum atomic E-state index is 13.2. The molecule has 2 aliphatic heterocycles. The number of likely N-dealkylation sites (tertiary alicyclic amines) is 2. The number of hydrogen-bond acceptors (Lipinski definition) is 5. The molecule has 2 atom stereocenters. The second-order valence-corrected chi connectivity index (χ2v) is 8.84. The molecule has 0 N–H and O–H groups in total. The van der Waals surface area contributed by atoms with Gasteiger partial charge in [-0.15, -0.1) is 0 Å². The van der Waals surface area contributed by atoms with E-state index in [4.69, 9.17) is 4.74 Å². The van der Waals surface area contributed by atoms with Crippen LogP contribution in [0.5, 0.6) is 0 Å². The maximum absolute atomic E-state index is 13.2. The zero-order valence-corrected chi connectivity index (χ0v) is 18.2. The van der Waals surface area contributed by atoms with E-state index < -0.39 is 5.41 Å². The number of hydrogen-bond donors (Lipinski definition) is 0. The van der Waals surface area contributed by atoms with Gasteiger partial charge in [0, 0.05) is 65.1 Å². The van der Waals surface area contributed by atoms with Gasteiger partial charge < -0.3 is 14.5 Å². The summed E-state index contributed by atoms with van der Waals surface area (Å²) < 4.78 is 5.65. The molecule has 3 heterocycles. The van der Waals surface area contributed by atoms with Crippen molar-refractivity contribution in [1.29, 1.82) is 0 Å². The van der Waals surface area contributed by atoms with Crippen LogP contribution in [0.2, 0.25) is 0 Å². The minimum atomic E-state index is -0.555. The Morgan fingerprint density at radius 2 is 1.87 bits per heavy atom. The van der Waals surface area contributed by atoms with Gasteiger partial charge in [-0.3, -0.25) is 19.5 Å². The number of carbonyl (C=O) groups is 2. The Kier molecular flexibility index (Phi) is 6.34. The molecular formula is C24H30N4O3. The number of fused-ring (bicyclic) bond motifs is 1. The fraction of sp³-hybridized carbons (Fsp3) is 0.458. The van der Waals surface area contributed by atoms with Gasteiger partial charge in [-0.25, -0.2) is 0 Å². The maximum Gasteiger partial charge on any atom is 0.248 e. The second-order valence-electron chi connectivity index (χ2n) is 8.84. The molecule has 164 valence electrons. The average Bonchev–Trinajstić information content (AvgIpc) is 3.29. The van der Waals surface area contributed by atoms with Gasteiger partial charge in [0.15, 0.2) is 0 Å². The van der Waals surface area contributed by atoms with Gasteiger partial charge in [-0.2, -0.15) is 0 Å². The van der Waals surface area contributed by atoms with Crippen LogP contribution in [0.15, 0.2) is 54.9 Å². The highest BCUT2D eigenvalue weighted by Gasteiger charge is 2.58. The van der Waals surface area contributed by atoms with Gasteiger partial charge in [0.2, 0.25) is 11.8 Å². The molecule has 4 rings (SSSR count). The molecule has 7 nitrogen and oxygen atoms in total. The largest absolute Gasteiger partial charge is 0.367 e. The third kappa shape index (κ3) is 4.62. The smallest absolute Gasteiger partial charge is 0.248 e. The van der Waals surface area contributed by atoms with Gasteiger partial charge in [-0.1, -0.05) is 36.4 Å². The van der Waals surface area contributed by atoms with E-state index in [1.54, 1.807) is 25.2 Å². The van der Waals surface area contributed by atoms with E-state index in [9.17, 15) is 9.59 Å². The van der Waals surface area contributed by atoms with E-state index in [-0.39, 0.29) is 24.3 Å². The Morgan fingerprint density at radius 1 is 1.10 bits per heavy atom. The van der Waals surface area contributed by atoms with Gasteiger partial charge in [0.05, 0.1) is 12.0 Å². The topological polar surface area (TPSA) is 66.0 Å². The van der Waals surface area contributed by atoms with E-state index in [1.165, 1.54) is 0 Å². The first-order chi connectivity index (χ1) is 15.0. The molecule has 2 saturated heterocycles. The first-order valence-electron chi connectivity index (χ1n) is 10.7. The van der Waals surface area contributed by atoms with Crippen LogP contribution in [0.25, 0.3) is 0 Å². The van der Waals surface area contributed by atoms with Crippen molar-refractivity contribution in [1.82, 2.24) is 19.7 Å². The van der Waals surface area contributed by atoms with Crippen molar-refractivity contribution in [3.05, 3.63) is 66.0 Å². The summed E-state index contributed by atoms with van der Waals surface area (Å²) in [5, 5.41) is 0. The molecule has 2 fully saturated rings. The van der Waals surface area contributed by atoms with Gasteiger partial charge in [0.25, 0.3) is 0 Å². The first-order valence-corrected chi connectivity index (χ1v) is 10.7. The number of pyridine rings is 1. The molecule has 1 aromatic carbocycles. The summed E-state index contributed by atoms with van der Waals surface area (Å²) in [6, 6.07) is 13.8. The lowest BCUT2D eigenvalue weighted by molar-refractivity contribution is -0.141. The average molecular weight is 423 g/mol. The van der Waals surface area contributed by atoms with Crippen LogP contribution < -0.4 is 0 Å². The summed E-state index contributed by atoms with van der Waals surface area (Å²) in [5.74, 6) is 0.180. The van der Waals surface area contributed by atoms with Crippen LogP contribution in [-0.4, -0.2) is 78.4 Å². The highest BCUT2D eigenvalue weighted by molar-refractivity contribution is 5.86. The van der Waals surface area contributed by atoms with Gasteiger partial charge in [-0.05, 0) is 17.2 Å². The molecule has 31 heavy (non-hydrogen) atoms. The van der Waals surface area contributed by atoms with Crippen LogP contribution in [0.3, 0.4) is 0 Å². The zero-order chi connectivity index (χ0) is 21.8. The summed E-state index contributed by atoms with van der Waals surface area (Å²) in [6.07, 6.45) is 3.64. The van der Waals surface area contributed by atoms with Crippen molar-refractivity contribution >= 4 is 11.8 Å². The fourth-order valence-corrected chi connectivity index (χ4v) is 4.90. The SMILES string of the molecule is CN(C)C(=O)[C@]12CN(Cc3cccnc3)C[C@H]1CN(C(=O)COCc1ccccc1)C2. The van der Waals surface area contributed by atoms with Crippen LogP contribution in [0, 0.1) is 11.3 Å². The molecule has 2 aromatic rings. The predicted octanol–water partition coefficient (Wildman–Crippen LogP) is 1.65. The van der Waals surface area contributed by atoms with Crippen LogP contribution in [0.1, 0.15) is 11.1 Å². The number of amides is 2. The molecule has 0 bridgehead atoms. The van der Waals surface area contributed by atoms with Crippen molar-refractivity contribution in [2.24, 2.45) is 11.3 Å². The molecule has 2 aliphatic rings. The van der Waals surface area contributed by atoms with Gasteiger partial charge in [0.1, 0.15) is 6.61 Å². The summed E-state index contributed by atoms with van der Waals surface area (Å²) >= 11 is 0. The van der Waals surface area contributed by atoms with Crippen molar-refractivity contribution in [3.8, 4) is 0 Å². The summed E-state index contributed by atoms with van der Waals surface area (Å²) in [4.78, 5) is 36.1. The third-order valence-electron chi connectivity index (χ3n) is 6.33. The molecule has 7 heteroatoms. The van der Waals surface area contributed by atoms with Crippen molar-refractivity contribution in [2.75, 3.05) is 46.9 Å². The highest BCUT2D eigenvalue weighted by Crippen LogP contribution is 2.44. The Bertz CT molecular complexity index is 906. The molecule has 0 spiro atoms. The van der Waals surface area contributed by atoms with E-state index >= 15 is 0 Å². The first kappa shape index (κ1) is 21.5. The number of aromatic nitrogens is 1. The molecule has 2 amide bonds. The molecule has 0 radical (unpaired) electrons. The number of nitrogens with zero attached hydrogens (tertiary/aromatic N) is 4. The van der Waals surface area contributed by atoms with Crippen LogP contribution >= 0.6 is 0 Å². The highest BCUT2D eigenvalue weighted by atomic mass is 16.5. The Hall–Kier alpha value is -2.77. The quantitative estimate of drug-likeness (QED) is 0.679. The number of benzene rings is 1. The Labute approximate surface area is 183 Å². The van der Waals surface area contributed by atoms with Gasteiger partial charge >= 0.3 is 0 Å². The fourth-order valence-electron chi connectivity index (χ4n) is 4.90. The van der Waals surface area contributed by atoms with Crippen LogP contribution in [-0.2, 0) is 27.5 Å².